The number of thiophene rings is 1. The minimum absolute atomic E-state index is 0.232. The van der Waals surface area contributed by atoms with Gasteiger partial charge in [-0.05, 0) is 61.4 Å². The molecule has 0 amide bonds. The van der Waals surface area contributed by atoms with E-state index < -0.39 is 16.0 Å². The summed E-state index contributed by atoms with van der Waals surface area (Å²) in [5, 5.41) is 1.64. The Morgan fingerprint density at radius 3 is 2.22 bits per heavy atom. The van der Waals surface area contributed by atoms with E-state index in [1.165, 1.54) is 7.11 Å². The first-order valence-corrected chi connectivity index (χ1v) is 9.31. The Hall–Kier alpha value is -1.86. The zero-order valence-electron chi connectivity index (χ0n) is 13.7. The van der Waals surface area contributed by atoms with Gasteiger partial charge in [0.2, 0.25) is 0 Å². The molecule has 0 fully saturated rings. The molecule has 23 heavy (non-hydrogen) atoms. The van der Waals surface area contributed by atoms with Crippen LogP contribution in [-0.2, 0) is 14.8 Å². The van der Waals surface area contributed by atoms with Gasteiger partial charge >= 0.3 is 5.97 Å². The number of aryl methyl sites for hydroxylation is 2. The van der Waals surface area contributed by atoms with Crippen molar-refractivity contribution in [2.45, 2.75) is 32.6 Å². The number of esters is 1. The van der Waals surface area contributed by atoms with Crippen LogP contribution in [0.3, 0.4) is 0 Å². The van der Waals surface area contributed by atoms with Crippen LogP contribution in [0.15, 0.2) is 22.4 Å². The summed E-state index contributed by atoms with van der Waals surface area (Å²) in [6.45, 7) is 7.33. The van der Waals surface area contributed by atoms with E-state index in [4.69, 9.17) is 0 Å². The quantitative estimate of drug-likeness (QED) is 0.853. The molecule has 0 bridgehead atoms. The number of methoxy groups -OCH3 is 1. The molecule has 1 heterocycles. The number of anilines is 1. The van der Waals surface area contributed by atoms with Gasteiger partial charge in [0, 0.05) is 0 Å². The van der Waals surface area contributed by atoms with E-state index in [0.29, 0.717) is 11.1 Å². The Kier molecular flexibility index (Phi) is 4.81. The first kappa shape index (κ1) is 17.5. The average molecular weight is 353 g/mol. The summed E-state index contributed by atoms with van der Waals surface area (Å²) in [7, 11) is -2.54. The van der Waals surface area contributed by atoms with Crippen molar-refractivity contribution < 1.29 is 17.9 Å². The van der Waals surface area contributed by atoms with E-state index in [0.717, 1.165) is 22.5 Å². The number of hydrogen-bond acceptors (Lipinski definition) is 5. The van der Waals surface area contributed by atoms with Crippen LogP contribution in [0.1, 0.15) is 31.9 Å². The largest absolute Gasteiger partial charge is 0.465 e. The first-order chi connectivity index (χ1) is 10.7. The van der Waals surface area contributed by atoms with Gasteiger partial charge in [-0.1, -0.05) is 6.07 Å². The zero-order valence-corrected chi connectivity index (χ0v) is 15.3. The van der Waals surface area contributed by atoms with Crippen LogP contribution in [0.5, 0.6) is 0 Å². The van der Waals surface area contributed by atoms with Crippen molar-refractivity contribution in [3.63, 3.8) is 0 Å². The van der Waals surface area contributed by atoms with E-state index in [1.54, 1.807) is 25.3 Å². The second kappa shape index (κ2) is 6.33. The minimum Gasteiger partial charge on any atom is -0.465 e. The second-order valence-electron chi connectivity index (χ2n) is 5.35. The lowest BCUT2D eigenvalue weighted by molar-refractivity contribution is 0.0607. The fourth-order valence-corrected chi connectivity index (χ4v) is 4.94. The number of carbonyl (C=O) groups excluding carboxylic acids is 1. The fourth-order valence-electron chi connectivity index (χ4n) is 2.42. The molecule has 0 aliphatic heterocycles. The molecule has 2 aromatic rings. The van der Waals surface area contributed by atoms with Crippen LogP contribution in [0.2, 0.25) is 0 Å². The highest BCUT2D eigenvalue weighted by atomic mass is 32.2. The SMILES string of the molecule is COC(=O)c1sccc1NS(=O)(=O)c1c(C)c(C)cc(C)c1C. The molecule has 0 aliphatic carbocycles. The summed E-state index contributed by atoms with van der Waals surface area (Å²) in [5.41, 5.74) is 3.46. The second-order valence-corrected chi connectivity index (χ2v) is 7.89. The number of rotatable bonds is 4. The lowest BCUT2D eigenvalue weighted by Crippen LogP contribution is -2.18. The molecular weight excluding hydrogens is 334 g/mol. The molecule has 2 rings (SSSR count). The smallest absolute Gasteiger partial charge is 0.350 e. The van der Waals surface area contributed by atoms with Gasteiger partial charge in [0.05, 0.1) is 17.7 Å². The number of nitrogens with one attached hydrogen (secondary N) is 1. The maximum atomic E-state index is 12.9. The van der Waals surface area contributed by atoms with Crippen LogP contribution < -0.4 is 4.72 Å². The van der Waals surface area contributed by atoms with Gasteiger partial charge in [0.15, 0.2) is 0 Å². The normalized spacial score (nSPS) is 11.3. The molecule has 0 aliphatic rings. The van der Waals surface area contributed by atoms with E-state index in [2.05, 4.69) is 9.46 Å². The highest BCUT2D eigenvalue weighted by molar-refractivity contribution is 7.92. The molecule has 124 valence electrons. The van der Waals surface area contributed by atoms with Gasteiger partial charge in [0.25, 0.3) is 10.0 Å². The standard InChI is InChI=1S/C16H19NO4S2/c1-9-8-10(2)12(4)15(11(9)3)23(19,20)17-13-6-7-22-14(13)16(18)21-5/h6-8,17H,1-5H3. The van der Waals surface area contributed by atoms with Crippen molar-refractivity contribution in [3.05, 3.63) is 44.6 Å². The molecule has 0 saturated heterocycles. The molecule has 1 N–H and O–H groups in total. The third-order valence-corrected chi connectivity index (χ3v) is 6.38. The Bertz CT molecular complexity index is 840. The Balaban J connectivity index is 2.54. The zero-order chi connectivity index (χ0) is 17.4. The van der Waals surface area contributed by atoms with Crippen LogP contribution in [-0.4, -0.2) is 21.5 Å². The summed E-state index contributed by atoms with van der Waals surface area (Å²) >= 11 is 1.13. The molecule has 0 radical (unpaired) electrons. The summed E-state index contributed by atoms with van der Waals surface area (Å²) in [6.07, 6.45) is 0. The number of ether oxygens (including phenoxy) is 1. The molecule has 1 aromatic carbocycles. The van der Waals surface area contributed by atoms with Crippen molar-refractivity contribution in [2.24, 2.45) is 0 Å². The maximum absolute atomic E-state index is 12.9. The monoisotopic (exact) mass is 353 g/mol. The van der Waals surface area contributed by atoms with Crippen molar-refractivity contribution in [3.8, 4) is 0 Å². The van der Waals surface area contributed by atoms with Crippen LogP contribution in [0.4, 0.5) is 5.69 Å². The third-order valence-electron chi connectivity index (χ3n) is 3.85. The highest BCUT2D eigenvalue weighted by Gasteiger charge is 2.25. The van der Waals surface area contributed by atoms with E-state index in [9.17, 15) is 13.2 Å². The summed E-state index contributed by atoms with van der Waals surface area (Å²) < 4.78 is 32.9. The summed E-state index contributed by atoms with van der Waals surface area (Å²) in [5.74, 6) is -0.563. The molecule has 0 atom stereocenters. The average Bonchev–Trinajstić information content (AvgIpc) is 2.91. The third kappa shape index (κ3) is 3.25. The molecule has 0 saturated carbocycles. The lowest BCUT2D eigenvalue weighted by Gasteiger charge is -2.16. The molecule has 1 aromatic heterocycles. The molecule has 0 unspecified atom stereocenters. The Labute approximate surface area is 140 Å². The van der Waals surface area contributed by atoms with Crippen molar-refractivity contribution >= 4 is 33.0 Å². The van der Waals surface area contributed by atoms with Crippen LogP contribution in [0, 0.1) is 27.7 Å². The highest BCUT2D eigenvalue weighted by Crippen LogP contribution is 2.30. The minimum atomic E-state index is -3.80. The van der Waals surface area contributed by atoms with Crippen molar-refractivity contribution in [2.75, 3.05) is 11.8 Å². The molecular formula is C16H19NO4S2. The Morgan fingerprint density at radius 2 is 1.70 bits per heavy atom. The lowest BCUT2D eigenvalue weighted by atomic mass is 10.0. The van der Waals surface area contributed by atoms with Crippen molar-refractivity contribution in [1.82, 2.24) is 0 Å². The molecule has 5 nitrogen and oxygen atoms in total. The van der Waals surface area contributed by atoms with Crippen LogP contribution in [0.25, 0.3) is 0 Å². The number of sulfonamides is 1. The topological polar surface area (TPSA) is 72.5 Å². The maximum Gasteiger partial charge on any atom is 0.350 e. The molecule has 0 spiro atoms. The van der Waals surface area contributed by atoms with Gasteiger partial charge < -0.3 is 4.74 Å². The first-order valence-electron chi connectivity index (χ1n) is 6.95. The van der Waals surface area contributed by atoms with E-state index in [1.807, 2.05) is 19.9 Å². The predicted octanol–water partition coefficient (Wildman–Crippen LogP) is 3.57. The summed E-state index contributed by atoms with van der Waals surface area (Å²) in [6, 6.07) is 3.52. The van der Waals surface area contributed by atoms with Crippen molar-refractivity contribution in [1.29, 1.82) is 0 Å². The van der Waals surface area contributed by atoms with E-state index in [-0.39, 0.29) is 15.5 Å². The van der Waals surface area contributed by atoms with Crippen LogP contribution >= 0.6 is 11.3 Å². The summed E-state index contributed by atoms with van der Waals surface area (Å²) in [4.78, 5) is 12.2. The Morgan fingerprint density at radius 1 is 1.13 bits per heavy atom. The van der Waals surface area contributed by atoms with Gasteiger partial charge in [-0.25, -0.2) is 13.2 Å². The fraction of sp³-hybridized carbons (Fsp3) is 0.312. The van der Waals surface area contributed by atoms with Gasteiger partial charge in [-0.3, -0.25) is 4.72 Å². The van der Waals surface area contributed by atoms with E-state index >= 15 is 0 Å². The van der Waals surface area contributed by atoms with Gasteiger partial charge in [0.1, 0.15) is 4.88 Å². The van der Waals surface area contributed by atoms with Gasteiger partial charge in [-0.15, -0.1) is 11.3 Å². The van der Waals surface area contributed by atoms with Gasteiger partial charge in [-0.2, -0.15) is 0 Å². The number of benzene rings is 1. The predicted molar refractivity (Wildman–Crippen MR) is 91.9 cm³/mol. The number of carbonyl (C=O) groups is 1. The number of hydrogen-bond donors (Lipinski definition) is 1. The molecule has 7 heteroatoms.